The fraction of sp³-hybridized carbons (Fsp3) is 0.533. The van der Waals surface area contributed by atoms with Crippen LogP contribution in [0.4, 0.5) is 5.69 Å². The van der Waals surface area contributed by atoms with Crippen LogP contribution in [0.15, 0.2) is 24.5 Å². The Balaban J connectivity index is 2.09. The number of aryl methyl sites for hydroxylation is 1. The Hall–Kier alpha value is -1.91. The molecule has 0 saturated heterocycles. The number of aromatic nitrogens is 4. The molecular weight excluding hydrogens is 250 g/mol. The van der Waals surface area contributed by atoms with Crippen LogP contribution in [0, 0.1) is 12.8 Å². The minimum absolute atomic E-state index is 0.459. The van der Waals surface area contributed by atoms with E-state index in [0.29, 0.717) is 6.04 Å². The number of rotatable bonds is 6. The van der Waals surface area contributed by atoms with E-state index in [1.54, 1.807) is 11.0 Å². The first-order valence-corrected chi connectivity index (χ1v) is 7.17. The first-order chi connectivity index (χ1) is 9.56. The summed E-state index contributed by atoms with van der Waals surface area (Å²) in [6.07, 6.45) is 4.02. The fourth-order valence-electron chi connectivity index (χ4n) is 2.11. The molecule has 1 N–H and O–H groups in total. The molecule has 0 aliphatic heterocycles. The zero-order valence-electron chi connectivity index (χ0n) is 12.7. The molecule has 0 radical (unpaired) electrons. The van der Waals surface area contributed by atoms with Gasteiger partial charge in [-0.2, -0.15) is 0 Å². The lowest BCUT2D eigenvalue weighted by Gasteiger charge is -2.18. The van der Waals surface area contributed by atoms with Crippen LogP contribution >= 0.6 is 0 Å². The van der Waals surface area contributed by atoms with Gasteiger partial charge >= 0.3 is 0 Å². The molecule has 0 fully saturated rings. The summed E-state index contributed by atoms with van der Waals surface area (Å²) in [5.74, 6) is 0.743. The van der Waals surface area contributed by atoms with Crippen molar-refractivity contribution < 1.29 is 0 Å². The van der Waals surface area contributed by atoms with Gasteiger partial charge < -0.3 is 5.32 Å². The molecule has 1 aromatic carbocycles. The zero-order valence-corrected chi connectivity index (χ0v) is 12.7. The molecule has 0 saturated carbocycles. The van der Waals surface area contributed by atoms with Gasteiger partial charge in [0, 0.05) is 11.7 Å². The van der Waals surface area contributed by atoms with Gasteiger partial charge in [-0.15, -0.1) is 5.10 Å². The molecule has 5 nitrogen and oxygen atoms in total. The van der Waals surface area contributed by atoms with Crippen molar-refractivity contribution in [2.24, 2.45) is 5.92 Å². The quantitative estimate of drug-likeness (QED) is 0.878. The van der Waals surface area contributed by atoms with E-state index in [2.05, 4.69) is 60.7 Å². The molecule has 2 rings (SSSR count). The van der Waals surface area contributed by atoms with E-state index in [0.717, 1.165) is 17.3 Å². The van der Waals surface area contributed by atoms with Crippen LogP contribution in [0.2, 0.25) is 0 Å². The Morgan fingerprint density at radius 2 is 2.00 bits per heavy atom. The van der Waals surface area contributed by atoms with Crippen LogP contribution in [0.3, 0.4) is 0 Å². The van der Waals surface area contributed by atoms with Crippen LogP contribution < -0.4 is 5.32 Å². The number of hydrogen-bond donors (Lipinski definition) is 1. The highest BCUT2D eigenvalue weighted by molar-refractivity contribution is 5.56. The smallest absolute Gasteiger partial charge is 0.143 e. The van der Waals surface area contributed by atoms with Gasteiger partial charge in [0.1, 0.15) is 6.33 Å². The molecule has 0 bridgehead atoms. The predicted molar refractivity (Wildman–Crippen MR) is 81.0 cm³/mol. The number of benzene rings is 1. The highest BCUT2D eigenvalue weighted by atomic mass is 15.5. The summed E-state index contributed by atoms with van der Waals surface area (Å²) in [5, 5.41) is 14.9. The standard InChI is InChI=1S/C15H23N5/c1-11(2)5-7-13(4)17-15-9-14(8-6-12(15)3)20-10-16-18-19-20/h6,8-11,13,17H,5,7H2,1-4H3. The Kier molecular flexibility index (Phi) is 4.71. The third kappa shape index (κ3) is 3.79. The van der Waals surface area contributed by atoms with Crippen molar-refractivity contribution in [3.63, 3.8) is 0 Å². The summed E-state index contributed by atoms with van der Waals surface area (Å²) in [5.41, 5.74) is 3.35. The Morgan fingerprint density at radius 1 is 1.20 bits per heavy atom. The molecule has 1 atom stereocenters. The maximum atomic E-state index is 3.92. The van der Waals surface area contributed by atoms with E-state index in [4.69, 9.17) is 0 Å². The van der Waals surface area contributed by atoms with Crippen molar-refractivity contribution in [2.45, 2.75) is 46.6 Å². The maximum absolute atomic E-state index is 3.92. The highest BCUT2D eigenvalue weighted by Crippen LogP contribution is 2.21. The molecule has 1 unspecified atom stereocenters. The van der Waals surface area contributed by atoms with Crippen LogP contribution in [0.5, 0.6) is 0 Å². The Bertz CT molecular complexity index is 533. The average Bonchev–Trinajstić information content (AvgIpc) is 2.93. The van der Waals surface area contributed by atoms with Crippen molar-refractivity contribution in [1.82, 2.24) is 20.2 Å². The summed E-state index contributed by atoms with van der Waals surface area (Å²) in [7, 11) is 0. The van der Waals surface area contributed by atoms with Crippen molar-refractivity contribution >= 4 is 5.69 Å². The molecule has 1 heterocycles. The molecule has 108 valence electrons. The number of anilines is 1. The molecule has 0 aliphatic carbocycles. The summed E-state index contributed by atoms with van der Waals surface area (Å²) in [4.78, 5) is 0. The van der Waals surface area contributed by atoms with Crippen LogP contribution in [0.25, 0.3) is 5.69 Å². The van der Waals surface area contributed by atoms with Crippen LogP contribution in [-0.2, 0) is 0 Å². The Morgan fingerprint density at radius 3 is 2.65 bits per heavy atom. The van der Waals surface area contributed by atoms with Gasteiger partial charge in [0.25, 0.3) is 0 Å². The minimum Gasteiger partial charge on any atom is -0.382 e. The summed E-state index contributed by atoms with van der Waals surface area (Å²) >= 11 is 0. The van der Waals surface area contributed by atoms with Crippen molar-refractivity contribution in [2.75, 3.05) is 5.32 Å². The van der Waals surface area contributed by atoms with Gasteiger partial charge in [-0.25, -0.2) is 4.68 Å². The van der Waals surface area contributed by atoms with Gasteiger partial charge in [0.15, 0.2) is 0 Å². The van der Waals surface area contributed by atoms with Gasteiger partial charge in [-0.3, -0.25) is 0 Å². The lowest BCUT2D eigenvalue weighted by Crippen LogP contribution is -2.16. The molecule has 0 spiro atoms. The second kappa shape index (κ2) is 6.50. The molecule has 2 aromatic rings. The summed E-state index contributed by atoms with van der Waals surface area (Å²) in [6.45, 7) is 8.86. The van der Waals surface area contributed by atoms with Gasteiger partial charge in [-0.05, 0) is 60.7 Å². The highest BCUT2D eigenvalue weighted by Gasteiger charge is 2.07. The van der Waals surface area contributed by atoms with E-state index in [1.165, 1.54) is 18.4 Å². The second-order valence-corrected chi connectivity index (χ2v) is 5.77. The maximum Gasteiger partial charge on any atom is 0.143 e. The van der Waals surface area contributed by atoms with E-state index >= 15 is 0 Å². The molecule has 5 heteroatoms. The first-order valence-electron chi connectivity index (χ1n) is 7.17. The molecule has 0 aliphatic rings. The van der Waals surface area contributed by atoms with Crippen molar-refractivity contribution in [3.8, 4) is 5.69 Å². The first kappa shape index (κ1) is 14.5. The fourth-order valence-corrected chi connectivity index (χ4v) is 2.11. The number of nitrogens with zero attached hydrogens (tertiary/aromatic N) is 4. The number of tetrazole rings is 1. The average molecular weight is 273 g/mol. The lowest BCUT2D eigenvalue weighted by molar-refractivity contribution is 0.527. The molecule has 20 heavy (non-hydrogen) atoms. The topological polar surface area (TPSA) is 55.6 Å². The SMILES string of the molecule is Cc1ccc(-n2cnnn2)cc1NC(C)CCC(C)C. The third-order valence-corrected chi connectivity index (χ3v) is 3.41. The largest absolute Gasteiger partial charge is 0.382 e. The minimum atomic E-state index is 0.459. The second-order valence-electron chi connectivity index (χ2n) is 5.77. The van der Waals surface area contributed by atoms with Gasteiger partial charge in [0.2, 0.25) is 0 Å². The monoisotopic (exact) mass is 273 g/mol. The number of nitrogens with one attached hydrogen (secondary N) is 1. The van der Waals surface area contributed by atoms with Crippen molar-refractivity contribution in [3.05, 3.63) is 30.1 Å². The third-order valence-electron chi connectivity index (χ3n) is 3.41. The van der Waals surface area contributed by atoms with E-state index < -0.39 is 0 Å². The van der Waals surface area contributed by atoms with Crippen molar-refractivity contribution in [1.29, 1.82) is 0 Å². The zero-order chi connectivity index (χ0) is 14.5. The van der Waals surface area contributed by atoms with Crippen LogP contribution in [-0.4, -0.2) is 26.2 Å². The van der Waals surface area contributed by atoms with Crippen LogP contribution in [0.1, 0.15) is 39.2 Å². The predicted octanol–water partition coefficient (Wildman–Crippen LogP) is 3.21. The lowest BCUT2D eigenvalue weighted by atomic mass is 10.0. The number of hydrogen-bond acceptors (Lipinski definition) is 4. The molecular formula is C15H23N5. The molecule has 0 amide bonds. The van der Waals surface area contributed by atoms with Gasteiger partial charge in [0.05, 0.1) is 5.69 Å². The summed E-state index contributed by atoms with van der Waals surface area (Å²) < 4.78 is 1.67. The summed E-state index contributed by atoms with van der Waals surface area (Å²) in [6, 6.07) is 6.67. The van der Waals surface area contributed by atoms with E-state index in [9.17, 15) is 0 Å². The van der Waals surface area contributed by atoms with Gasteiger partial charge in [-0.1, -0.05) is 19.9 Å². The molecule has 1 aromatic heterocycles. The Labute approximate surface area is 120 Å². The normalized spacial score (nSPS) is 12.7. The van der Waals surface area contributed by atoms with E-state index in [1.807, 2.05) is 6.07 Å². The van der Waals surface area contributed by atoms with E-state index in [-0.39, 0.29) is 0 Å².